The van der Waals surface area contributed by atoms with Crippen LogP contribution in [0.15, 0.2) is 36.5 Å². The molecule has 16 heavy (non-hydrogen) atoms. The summed E-state index contributed by atoms with van der Waals surface area (Å²) in [6.45, 7) is 0. The molecule has 78 valence electrons. The van der Waals surface area contributed by atoms with Gasteiger partial charge in [0.25, 0.3) is 0 Å². The molecule has 0 aliphatic carbocycles. The van der Waals surface area contributed by atoms with Gasteiger partial charge in [0, 0.05) is 11.2 Å². The molecule has 0 unspecified atom stereocenters. The third-order valence-corrected chi connectivity index (χ3v) is 2.02. The molecule has 0 bridgehead atoms. The Bertz CT molecular complexity index is 534. The molecule has 4 nitrogen and oxygen atoms in total. The monoisotopic (exact) mass is 231 g/mol. The van der Waals surface area contributed by atoms with Crippen LogP contribution in [0.5, 0.6) is 11.8 Å². The molecule has 0 fully saturated rings. The summed E-state index contributed by atoms with van der Waals surface area (Å²) in [4.78, 5) is 7.77. The molecule has 0 amide bonds. The van der Waals surface area contributed by atoms with Crippen LogP contribution in [-0.2, 0) is 0 Å². The van der Waals surface area contributed by atoms with E-state index in [9.17, 15) is 0 Å². The summed E-state index contributed by atoms with van der Waals surface area (Å²) in [6.07, 6.45) is 1.47. The van der Waals surface area contributed by atoms with Gasteiger partial charge in [0.2, 0.25) is 0 Å². The normalized spacial score (nSPS) is 9.50. The number of rotatable bonds is 2. The van der Waals surface area contributed by atoms with Crippen molar-refractivity contribution in [2.75, 3.05) is 0 Å². The molecule has 0 saturated carbocycles. The molecule has 0 radical (unpaired) electrons. The van der Waals surface area contributed by atoms with Gasteiger partial charge < -0.3 is 4.74 Å². The van der Waals surface area contributed by atoms with Crippen LogP contribution in [0.2, 0.25) is 5.02 Å². The van der Waals surface area contributed by atoms with E-state index < -0.39 is 0 Å². The fourth-order valence-electron chi connectivity index (χ4n) is 1.06. The Morgan fingerprint density at radius 2 is 1.94 bits per heavy atom. The summed E-state index contributed by atoms with van der Waals surface area (Å²) >= 11 is 5.73. The zero-order chi connectivity index (χ0) is 11.4. The molecule has 0 aliphatic heterocycles. The standard InChI is InChI=1S/C11H6ClN3O/c12-8-1-3-10(4-2-8)16-11-14-6-5-9(7-13)15-11/h1-6H. The summed E-state index contributed by atoms with van der Waals surface area (Å²) in [7, 11) is 0. The van der Waals surface area contributed by atoms with E-state index in [0.717, 1.165) is 0 Å². The molecule has 5 heteroatoms. The Hall–Kier alpha value is -2.12. The molecule has 1 aromatic carbocycles. The van der Waals surface area contributed by atoms with Gasteiger partial charge in [0.05, 0.1) is 0 Å². The van der Waals surface area contributed by atoms with Crippen LogP contribution >= 0.6 is 11.6 Å². The Morgan fingerprint density at radius 3 is 2.62 bits per heavy atom. The van der Waals surface area contributed by atoms with Crippen LogP contribution in [0.1, 0.15) is 5.69 Å². The lowest BCUT2D eigenvalue weighted by atomic mass is 10.3. The van der Waals surface area contributed by atoms with Gasteiger partial charge in [0.15, 0.2) is 0 Å². The van der Waals surface area contributed by atoms with Gasteiger partial charge in [-0.1, -0.05) is 11.6 Å². The Balaban J connectivity index is 2.21. The summed E-state index contributed by atoms with van der Waals surface area (Å²) in [5.41, 5.74) is 0.263. The highest BCUT2D eigenvalue weighted by atomic mass is 35.5. The zero-order valence-electron chi connectivity index (χ0n) is 8.09. The molecule has 0 N–H and O–H groups in total. The highest BCUT2D eigenvalue weighted by Gasteiger charge is 2.01. The van der Waals surface area contributed by atoms with E-state index in [1.54, 1.807) is 24.3 Å². The first-order valence-electron chi connectivity index (χ1n) is 4.44. The van der Waals surface area contributed by atoms with Crippen molar-refractivity contribution in [3.05, 3.63) is 47.2 Å². The van der Waals surface area contributed by atoms with Crippen molar-refractivity contribution in [1.29, 1.82) is 5.26 Å². The summed E-state index contributed by atoms with van der Waals surface area (Å²) < 4.78 is 5.34. The molecular weight excluding hydrogens is 226 g/mol. The molecule has 0 spiro atoms. The van der Waals surface area contributed by atoms with Crippen LogP contribution in [0.25, 0.3) is 0 Å². The summed E-state index contributed by atoms with van der Waals surface area (Å²) in [5.74, 6) is 0.569. The lowest BCUT2D eigenvalue weighted by Gasteiger charge is -2.02. The highest BCUT2D eigenvalue weighted by molar-refractivity contribution is 6.30. The maximum atomic E-state index is 8.65. The fourth-order valence-corrected chi connectivity index (χ4v) is 1.19. The van der Waals surface area contributed by atoms with Gasteiger partial charge in [-0.15, -0.1) is 0 Å². The quantitative estimate of drug-likeness (QED) is 0.797. The van der Waals surface area contributed by atoms with Crippen molar-refractivity contribution in [2.24, 2.45) is 0 Å². The zero-order valence-corrected chi connectivity index (χ0v) is 8.85. The van der Waals surface area contributed by atoms with Crippen LogP contribution in [0.3, 0.4) is 0 Å². The van der Waals surface area contributed by atoms with E-state index in [1.807, 2.05) is 6.07 Å². The second-order valence-corrected chi connectivity index (χ2v) is 3.33. The Kier molecular flexibility index (Phi) is 2.99. The van der Waals surface area contributed by atoms with E-state index >= 15 is 0 Å². The van der Waals surface area contributed by atoms with E-state index in [0.29, 0.717) is 10.8 Å². The number of hydrogen-bond donors (Lipinski definition) is 0. The van der Waals surface area contributed by atoms with Gasteiger partial charge >= 0.3 is 6.01 Å². The maximum Gasteiger partial charge on any atom is 0.323 e. The number of aromatic nitrogens is 2. The van der Waals surface area contributed by atoms with Gasteiger partial charge in [-0.05, 0) is 30.3 Å². The van der Waals surface area contributed by atoms with Crippen molar-refractivity contribution in [1.82, 2.24) is 9.97 Å². The second-order valence-electron chi connectivity index (χ2n) is 2.89. The maximum absolute atomic E-state index is 8.65. The third kappa shape index (κ3) is 2.47. The van der Waals surface area contributed by atoms with Crippen molar-refractivity contribution in [2.45, 2.75) is 0 Å². The first-order valence-corrected chi connectivity index (χ1v) is 4.82. The lowest BCUT2D eigenvalue weighted by molar-refractivity contribution is 0.441. The summed E-state index contributed by atoms with van der Waals surface area (Å²) in [5, 5.41) is 9.28. The Morgan fingerprint density at radius 1 is 1.19 bits per heavy atom. The van der Waals surface area contributed by atoms with E-state index in [-0.39, 0.29) is 11.7 Å². The van der Waals surface area contributed by atoms with Crippen LogP contribution < -0.4 is 4.74 Å². The van der Waals surface area contributed by atoms with Crippen LogP contribution in [0, 0.1) is 11.3 Å². The topological polar surface area (TPSA) is 58.8 Å². The molecule has 1 aromatic heterocycles. The highest BCUT2D eigenvalue weighted by Crippen LogP contribution is 2.19. The first-order chi connectivity index (χ1) is 7.78. The molecule has 0 saturated heterocycles. The average Bonchev–Trinajstić information content (AvgIpc) is 2.32. The third-order valence-electron chi connectivity index (χ3n) is 1.77. The number of halogens is 1. The molecule has 1 heterocycles. The van der Waals surface area contributed by atoms with Gasteiger partial charge in [-0.25, -0.2) is 4.98 Å². The average molecular weight is 232 g/mol. The smallest absolute Gasteiger partial charge is 0.323 e. The molecule has 0 aliphatic rings. The SMILES string of the molecule is N#Cc1ccnc(Oc2ccc(Cl)cc2)n1. The number of benzene rings is 1. The van der Waals surface area contributed by atoms with E-state index in [4.69, 9.17) is 21.6 Å². The van der Waals surface area contributed by atoms with E-state index in [2.05, 4.69) is 9.97 Å². The minimum Gasteiger partial charge on any atom is -0.424 e. The van der Waals surface area contributed by atoms with Crippen molar-refractivity contribution in [3.63, 3.8) is 0 Å². The number of hydrogen-bond acceptors (Lipinski definition) is 4. The van der Waals surface area contributed by atoms with Crippen molar-refractivity contribution < 1.29 is 4.74 Å². The van der Waals surface area contributed by atoms with Crippen LogP contribution in [-0.4, -0.2) is 9.97 Å². The second kappa shape index (κ2) is 4.60. The molecule has 2 rings (SSSR count). The largest absolute Gasteiger partial charge is 0.424 e. The lowest BCUT2D eigenvalue weighted by Crippen LogP contribution is -1.92. The number of ether oxygens (including phenoxy) is 1. The predicted octanol–water partition coefficient (Wildman–Crippen LogP) is 2.79. The summed E-state index contributed by atoms with van der Waals surface area (Å²) in [6, 6.07) is 10.4. The first kappa shape index (κ1) is 10.4. The van der Waals surface area contributed by atoms with Gasteiger partial charge in [-0.2, -0.15) is 10.2 Å². The molecule has 0 atom stereocenters. The minimum absolute atomic E-state index is 0.140. The molecule has 2 aromatic rings. The van der Waals surface area contributed by atoms with Crippen molar-refractivity contribution >= 4 is 11.6 Å². The van der Waals surface area contributed by atoms with Crippen LogP contribution in [0.4, 0.5) is 0 Å². The van der Waals surface area contributed by atoms with Gasteiger partial charge in [-0.3, -0.25) is 0 Å². The number of nitriles is 1. The fraction of sp³-hybridized carbons (Fsp3) is 0. The Labute approximate surface area is 97.1 Å². The van der Waals surface area contributed by atoms with Gasteiger partial charge in [0.1, 0.15) is 17.5 Å². The molecular formula is C11H6ClN3O. The van der Waals surface area contributed by atoms with Crippen molar-refractivity contribution in [3.8, 4) is 17.8 Å². The minimum atomic E-state index is 0.140. The van der Waals surface area contributed by atoms with E-state index in [1.165, 1.54) is 12.3 Å². The number of nitrogens with zero attached hydrogens (tertiary/aromatic N) is 3. The predicted molar refractivity (Wildman–Crippen MR) is 58.3 cm³/mol.